The molecule has 110 valence electrons. The molecule has 0 aliphatic carbocycles. The zero-order chi connectivity index (χ0) is 14.5. The number of nitrogens with one attached hydrogen (secondary N) is 1. The number of aromatic nitrogens is 3. The van der Waals surface area contributed by atoms with Gasteiger partial charge in [-0.2, -0.15) is 5.10 Å². The number of benzene rings is 1. The summed E-state index contributed by atoms with van der Waals surface area (Å²) in [5, 5.41) is 7.70. The molecule has 21 heavy (non-hydrogen) atoms. The Morgan fingerprint density at radius 1 is 1.29 bits per heavy atom. The van der Waals surface area contributed by atoms with Gasteiger partial charge in [0, 0.05) is 24.9 Å². The highest BCUT2D eigenvalue weighted by Gasteiger charge is 2.06. The first kappa shape index (κ1) is 13.8. The molecule has 5 heteroatoms. The molecule has 0 amide bonds. The summed E-state index contributed by atoms with van der Waals surface area (Å²) >= 11 is 0. The van der Waals surface area contributed by atoms with Crippen LogP contribution < -0.4 is 5.32 Å². The molecule has 2 aromatic heterocycles. The Morgan fingerprint density at radius 3 is 3.00 bits per heavy atom. The van der Waals surface area contributed by atoms with Gasteiger partial charge in [-0.1, -0.05) is 12.1 Å². The highest BCUT2D eigenvalue weighted by Crippen LogP contribution is 2.15. The Hall–Kier alpha value is -2.14. The normalized spacial score (nSPS) is 12.8. The van der Waals surface area contributed by atoms with Gasteiger partial charge in [0.05, 0.1) is 6.54 Å². The number of nitrogens with zero attached hydrogens (tertiary/aromatic N) is 3. The van der Waals surface area contributed by atoms with Crippen LogP contribution in [0.15, 0.2) is 47.1 Å². The maximum absolute atomic E-state index is 5.71. The van der Waals surface area contributed by atoms with Gasteiger partial charge in [-0.05, 0) is 38.1 Å². The number of aryl methyl sites for hydroxylation is 1. The Bertz CT molecular complexity index is 641. The molecule has 0 unspecified atom stereocenters. The molecule has 1 N–H and O–H groups in total. The van der Waals surface area contributed by atoms with E-state index in [-0.39, 0.29) is 0 Å². The minimum absolute atomic E-state index is 0.397. The minimum Gasteiger partial charge on any atom is -0.441 e. The largest absolute Gasteiger partial charge is 0.441 e. The number of para-hydroxylation sites is 2. The van der Waals surface area contributed by atoms with E-state index in [0.717, 1.165) is 42.9 Å². The van der Waals surface area contributed by atoms with Crippen molar-refractivity contribution >= 4 is 11.1 Å². The molecule has 3 rings (SSSR count). The number of hydrogen-bond donors (Lipinski definition) is 1. The van der Waals surface area contributed by atoms with E-state index >= 15 is 0 Å². The summed E-state index contributed by atoms with van der Waals surface area (Å²) in [4.78, 5) is 4.48. The monoisotopic (exact) mass is 284 g/mol. The summed E-state index contributed by atoms with van der Waals surface area (Å²) in [5.74, 6) is 0.817. The van der Waals surface area contributed by atoms with E-state index in [0.29, 0.717) is 6.04 Å². The first-order valence-corrected chi connectivity index (χ1v) is 7.36. The molecule has 3 aromatic rings. The van der Waals surface area contributed by atoms with E-state index in [1.165, 1.54) is 0 Å². The average Bonchev–Trinajstić information content (AvgIpc) is 3.12. The molecule has 0 saturated carbocycles. The summed E-state index contributed by atoms with van der Waals surface area (Å²) in [6.07, 6.45) is 5.66. The molecule has 0 spiro atoms. The molecular formula is C16H20N4O. The fourth-order valence-corrected chi connectivity index (χ4v) is 2.37. The molecule has 0 saturated heterocycles. The number of hydrogen-bond acceptors (Lipinski definition) is 4. The van der Waals surface area contributed by atoms with Gasteiger partial charge in [0.15, 0.2) is 11.5 Å². The van der Waals surface area contributed by atoms with Crippen LogP contribution in [0.4, 0.5) is 0 Å². The van der Waals surface area contributed by atoms with Gasteiger partial charge in [0.1, 0.15) is 5.52 Å². The molecule has 0 bridgehead atoms. The predicted octanol–water partition coefficient (Wildman–Crippen LogP) is 2.64. The quantitative estimate of drug-likeness (QED) is 0.678. The number of fused-ring (bicyclic) bond motifs is 1. The molecule has 5 nitrogen and oxygen atoms in total. The van der Waals surface area contributed by atoms with Crippen molar-refractivity contribution in [2.45, 2.75) is 32.4 Å². The van der Waals surface area contributed by atoms with E-state index < -0.39 is 0 Å². The predicted molar refractivity (Wildman–Crippen MR) is 82.0 cm³/mol. The van der Waals surface area contributed by atoms with Crippen LogP contribution in [0.2, 0.25) is 0 Å². The molecular weight excluding hydrogens is 264 g/mol. The van der Waals surface area contributed by atoms with Gasteiger partial charge in [0.25, 0.3) is 0 Å². The Balaban J connectivity index is 1.41. The van der Waals surface area contributed by atoms with Gasteiger partial charge >= 0.3 is 0 Å². The maximum atomic E-state index is 5.71. The fourth-order valence-electron chi connectivity index (χ4n) is 2.37. The second kappa shape index (κ2) is 6.54. The number of oxazole rings is 1. The van der Waals surface area contributed by atoms with E-state index in [2.05, 4.69) is 22.3 Å². The van der Waals surface area contributed by atoms with Crippen molar-refractivity contribution in [2.24, 2.45) is 0 Å². The SMILES string of the molecule is C[C@H](Cn1cccn1)NCCCc1nc2ccccc2o1. The maximum Gasteiger partial charge on any atom is 0.195 e. The van der Waals surface area contributed by atoms with Crippen molar-refractivity contribution in [3.63, 3.8) is 0 Å². The van der Waals surface area contributed by atoms with Gasteiger partial charge < -0.3 is 9.73 Å². The van der Waals surface area contributed by atoms with Crippen LogP contribution in [-0.2, 0) is 13.0 Å². The van der Waals surface area contributed by atoms with Gasteiger partial charge in [-0.25, -0.2) is 4.98 Å². The highest BCUT2D eigenvalue weighted by molar-refractivity contribution is 5.72. The summed E-state index contributed by atoms with van der Waals surface area (Å²) < 4.78 is 7.65. The summed E-state index contributed by atoms with van der Waals surface area (Å²) in [7, 11) is 0. The standard InChI is InChI=1S/C16H20N4O/c1-13(12-20-11-5-10-18-20)17-9-4-8-16-19-14-6-2-3-7-15(14)21-16/h2-3,5-7,10-11,13,17H,4,8-9,12H2,1H3/t13-/m1/s1. The Labute approximate surface area is 124 Å². The second-order valence-electron chi connectivity index (χ2n) is 5.26. The second-order valence-corrected chi connectivity index (χ2v) is 5.26. The van der Waals surface area contributed by atoms with Crippen LogP contribution in [0.3, 0.4) is 0 Å². The van der Waals surface area contributed by atoms with Crippen molar-refractivity contribution in [3.05, 3.63) is 48.6 Å². The van der Waals surface area contributed by atoms with E-state index in [4.69, 9.17) is 4.42 Å². The zero-order valence-electron chi connectivity index (χ0n) is 12.2. The third-order valence-corrected chi connectivity index (χ3v) is 3.42. The zero-order valence-corrected chi connectivity index (χ0v) is 12.2. The van der Waals surface area contributed by atoms with Crippen molar-refractivity contribution in [3.8, 4) is 0 Å². The van der Waals surface area contributed by atoms with Crippen LogP contribution in [0.1, 0.15) is 19.2 Å². The molecule has 0 fully saturated rings. The lowest BCUT2D eigenvalue weighted by atomic mass is 10.2. The fraction of sp³-hybridized carbons (Fsp3) is 0.375. The van der Waals surface area contributed by atoms with E-state index in [9.17, 15) is 0 Å². The van der Waals surface area contributed by atoms with Crippen molar-refractivity contribution < 1.29 is 4.42 Å². The lowest BCUT2D eigenvalue weighted by molar-refractivity contribution is 0.439. The lowest BCUT2D eigenvalue weighted by Crippen LogP contribution is -2.31. The Morgan fingerprint density at radius 2 is 2.19 bits per heavy atom. The van der Waals surface area contributed by atoms with E-state index in [1.807, 2.05) is 41.2 Å². The van der Waals surface area contributed by atoms with Gasteiger partial charge in [0.2, 0.25) is 0 Å². The summed E-state index contributed by atoms with van der Waals surface area (Å²) in [6, 6.07) is 10.2. The number of rotatable bonds is 7. The Kier molecular flexibility index (Phi) is 4.31. The molecule has 2 heterocycles. The van der Waals surface area contributed by atoms with Gasteiger partial charge in [-0.3, -0.25) is 4.68 Å². The van der Waals surface area contributed by atoms with E-state index in [1.54, 1.807) is 6.20 Å². The van der Waals surface area contributed by atoms with Crippen LogP contribution >= 0.6 is 0 Å². The van der Waals surface area contributed by atoms with Crippen molar-refractivity contribution in [1.82, 2.24) is 20.1 Å². The molecule has 0 aliphatic heterocycles. The summed E-state index contributed by atoms with van der Waals surface area (Å²) in [5.41, 5.74) is 1.81. The first-order valence-electron chi connectivity index (χ1n) is 7.36. The molecule has 0 radical (unpaired) electrons. The van der Waals surface area contributed by atoms with Crippen LogP contribution in [0.25, 0.3) is 11.1 Å². The van der Waals surface area contributed by atoms with Crippen LogP contribution in [0.5, 0.6) is 0 Å². The third kappa shape index (κ3) is 3.70. The van der Waals surface area contributed by atoms with Crippen LogP contribution in [-0.4, -0.2) is 27.4 Å². The smallest absolute Gasteiger partial charge is 0.195 e. The van der Waals surface area contributed by atoms with Gasteiger partial charge in [-0.15, -0.1) is 0 Å². The first-order chi connectivity index (χ1) is 10.3. The molecule has 0 aliphatic rings. The molecule has 1 aromatic carbocycles. The summed E-state index contributed by atoms with van der Waals surface area (Å²) in [6.45, 7) is 4.00. The van der Waals surface area contributed by atoms with Crippen molar-refractivity contribution in [1.29, 1.82) is 0 Å². The third-order valence-electron chi connectivity index (χ3n) is 3.42. The molecule has 1 atom stereocenters. The topological polar surface area (TPSA) is 55.9 Å². The minimum atomic E-state index is 0.397. The highest BCUT2D eigenvalue weighted by atomic mass is 16.3. The van der Waals surface area contributed by atoms with Crippen molar-refractivity contribution in [2.75, 3.05) is 6.54 Å². The average molecular weight is 284 g/mol. The van der Waals surface area contributed by atoms with Crippen LogP contribution in [0, 0.1) is 0 Å². The lowest BCUT2D eigenvalue weighted by Gasteiger charge is -2.13.